The molecule has 1 unspecified atom stereocenters. The number of carbonyl (C=O) groups excluding carboxylic acids is 1. The van der Waals surface area contributed by atoms with Gasteiger partial charge >= 0.3 is 6.09 Å². The average molecular weight is 291 g/mol. The summed E-state index contributed by atoms with van der Waals surface area (Å²) in [6.45, 7) is 5.27. The number of sulfone groups is 1. The molecule has 1 aliphatic rings. The quantitative estimate of drug-likeness (QED) is 0.751. The molecule has 0 aliphatic heterocycles. The van der Waals surface area contributed by atoms with Gasteiger partial charge in [-0.2, -0.15) is 0 Å². The summed E-state index contributed by atoms with van der Waals surface area (Å²) < 4.78 is 27.6. The molecule has 0 saturated heterocycles. The molecule has 0 saturated carbocycles. The first-order valence-electron chi connectivity index (χ1n) is 6.04. The van der Waals surface area contributed by atoms with Gasteiger partial charge in [0.1, 0.15) is 5.60 Å². The van der Waals surface area contributed by atoms with E-state index in [1.54, 1.807) is 32.9 Å². The third-order valence-electron chi connectivity index (χ3n) is 2.62. The molecule has 2 N–H and O–H groups in total. The molecule has 0 aromatic rings. The van der Waals surface area contributed by atoms with Crippen LogP contribution in [0.1, 0.15) is 27.2 Å². The van der Waals surface area contributed by atoms with Crippen molar-refractivity contribution < 1.29 is 23.1 Å². The molecule has 110 valence electrons. The monoisotopic (exact) mass is 291 g/mol. The predicted molar refractivity (Wildman–Crippen MR) is 71.3 cm³/mol. The second kappa shape index (κ2) is 5.50. The molecule has 19 heavy (non-hydrogen) atoms. The highest BCUT2D eigenvalue weighted by Crippen LogP contribution is 2.24. The van der Waals surface area contributed by atoms with E-state index in [0.29, 0.717) is 6.42 Å². The van der Waals surface area contributed by atoms with Crippen LogP contribution in [0.4, 0.5) is 4.79 Å². The molecular formula is C12H21NO5S. The largest absolute Gasteiger partial charge is 0.444 e. The van der Waals surface area contributed by atoms with Gasteiger partial charge in [0.15, 0.2) is 15.3 Å². The molecule has 0 fully saturated rings. The smallest absolute Gasteiger partial charge is 0.408 e. The topological polar surface area (TPSA) is 92.7 Å². The van der Waals surface area contributed by atoms with Gasteiger partial charge in [0.25, 0.3) is 0 Å². The van der Waals surface area contributed by atoms with Crippen LogP contribution in [0.15, 0.2) is 12.2 Å². The zero-order chi connectivity index (χ0) is 14.8. The number of aliphatic hydroxyl groups excluding tert-OH is 1. The SMILES string of the molecule is CC(C)(C)OC(=O)N[C@@H]1C=C[C@H](C(O)S(C)(=O)=O)C1. The molecule has 7 heteroatoms. The van der Waals surface area contributed by atoms with Gasteiger partial charge in [0.2, 0.25) is 0 Å². The van der Waals surface area contributed by atoms with Crippen LogP contribution in [0.2, 0.25) is 0 Å². The fourth-order valence-corrected chi connectivity index (χ4v) is 2.66. The zero-order valence-electron chi connectivity index (χ0n) is 11.6. The summed E-state index contributed by atoms with van der Waals surface area (Å²) in [6.07, 6.45) is 4.04. The van der Waals surface area contributed by atoms with Crippen molar-refractivity contribution in [2.24, 2.45) is 5.92 Å². The molecule has 0 aromatic carbocycles. The van der Waals surface area contributed by atoms with Crippen molar-refractivity contribution in [3.8, 4) is 0 Å². The van der Waals surface area contributed by atoms with Gasteiger partial charge in [0.05, 0.1) is 6.04 Å². The number of aliphatic hydroxyl groups is 1. The summed E-state index contributed by atoms with van der Waals surface area (Å²) in [5.41, 5.74) is -2.02. The van der Waals surface area contributed by atoms with Crippen LogP contribution in [-0.2, 0) is 14.6 Å². The first-order chi connectivity index (χ1) is 8.49. The van der Waals surface area contributed by atoms with Crippen LogP contribution in [-0.4, -0.2) is 43.0 Å². The normalized spacial score (nSPS) is 25.1. The Hall–Kier alpha value is -1.08. The number of hydrogen-bond donors (Lipinski definition) is 2. The highest BCUT2D eigenvalue weighted by molar-refractivity contribution is 7.91. The minimum Gasteiger partial charge on any atom is -0.444 e. The second-order valence-electron chi connectivity index (χ2n) is 5.76. The van der Waals surface area contributed by atoms with Crippen molar-refractivity contribution in [1.82, 2.24) is 5.32 Å². The summed E-state index contributed by atoms with van der Waals surface area (Å²) in [5, 5.41) is 12.3. The van der Waals surface area contributed by atoms with Crippen molar-refractivity contribution in [3.63, 3.8) is 0 Å². The maximum atomic E-state index is 11.5. The summed E-state index contributed by atoms with van der Waals surface area (Å²) in [4.78, 5) is 11.5. The third-order valence-corrected chi connectivity index (χ3v) is 3.85. The van der Waals surface area contributed by atoms with Gasteiger partial charge < -0.3 is 15.2 Å². The molecule has 0 bridgehead atoms. The molecule has 0 spiro atoms. The van der Waals surface area contributed by atoms with Crippen molar-refractivity contribution in [2.45, 2.75) is 44.3 Å². The van der Waals surface area contributed by atoms with Crippen molar-refractivity contribution >= 4 is 15.9 Å². The van der Waals surface area contributed by atoms with Gasteiger partial charge in [-0.3, -0.25) is 0 Å². The van der Waals surface area contributed by atoms with Gasteiger partial charge in [-0.15, -0.1) is 0 Å². The molecule has 6 nitrogen and oxygen atoms in total. The highest BCUT2D eigenvalue weighted by atomic mass is 32.2. The highest BCUT2D eigenvalue weighted by Gasteiger charge is 2.32. The summed E-state index contributed by atoms with van der Waals surface area (Å²) in [5.74, 6) is -0.505. The molecule has 3 atom stereocenters. The Labute approximate surface area is 113 Å². The number of ether oxygens (including phenoxy) is 1. The number of hydrogen-bond acceptors (Lipinski definition) is 5. The number of alkyl carbamates (subject to hydrolysis) is 1. The van der Waals surface area contributed by atoms with E-state index in [0.717, 1.165) is 6.26 Å². The summed E-state index contributed by atoms with van der Waals surface area (Å²) >= 11 is 0. The van der Waals surface area contributed by atoms with Crippen LogP contribution < -0.4 is 5.32 Å². The standard InChI is InChI=1S/C12H21NO5S/c1-12(2,3)18-11(15)13-9-6-5-8(7-9)10(14)19(4,16)17/h5-6,8-10,14H,7H2,1-4H3,(H,13,15)/t8-,9+,10?/m0/s1. The molecule has 1 amide bonds. The number of carbonyl (C=O) groups is 1. The maximum absolute atomic E-state index is 11.5. The van der Waals surface area contributed by atoms with Crippen LogP contribution in [0.3, 0.4) is 0 Å². The van der Waals surface area contributed by atoms with Crippen LogP contribution in [0.5, 0.6) is 0 Å². The number of nitrogens with one attached hydrogen (secondary N) is 1. The minimum atomic E-state index is -3.51. The Morgan fingerprint density at radius 1 is 1.42 bits per heavy atom. The van der Waals surface area contributed by atoms with Gasteiger partial charge in [-0.1, -0.05) is 12.2 Å². The van der Waals surface area contributed by atoms with Gasteiger partial charge in [-0.05, 0) is 27.2 Å². The van der Waals surface area contributed by atoms with E-state index in [-0.39, 0.29) is 6.04 Å². The zero-order valence-corrected chi connectivity index (χ0v) is 12.4. The lowest BCUT2D eigenvalue weighted by Crippen LogP contribution is -2.38. The van der Waals surface area contributed by atoms with Crippen LogP contribution in [0, 0.1) is 5.92 Å². The summed E-state index contributed by atoms with van der Waals surface area (Å²) in [7, 11) is -3.51. The Morgan fingerprint density at radius 3 is 2.47 bits per heavy atom. The predicted octanol–water partition coefficient (Wildman–Crippen LogP) is 0.819. The Morgan fingerprint density at radius 2 is 2.00 bits per heavy atom. The van der Waals surface area contributed by atoms with E-state index in [1.807, 2.05) is 0 Å². The Bertz CT molecular complexity index is 463. The number of amides is 1. The lowest BCUT2D eigenvalue weighted by atomic mass is 10.1. The first-order valence-corrected chi connectivity index (χ1v) is 7.99. The van der Waals surface area contributed by atoms with E-state index in [9.17, 15) is 18.3 Å². The Balaban J connectivity index is 2.51. The minimum absolute atomic E-state index is 0.323. The van der Waals surface area contributed by atoms with E-state index in [1.165, 1.54) is 0 Å². The molecule has 0 radical (unpaired) electrons. The van der Waals surface area contributed by atoms with Gasteiger partial charge in [-0.25, -0.2) is 13.2 Å². The van der Waals surface area contributed by atoms with E-state index in [2.05, 4.69) is 5.32 Å². The van der Waals surface area contributed by atoms with Crippen molar-refractivity contribution in [3.05, 3.63) is 12.2 Å². The maximum Gasteiger partial charge on any atom is 0.408 e. The lowest BCUT2D eigenvalue weighted by Gasteiger charge is -2.22. The molecule has 0 heterocycles. The van der Waals surface area contributed by atoms with E-state index in [4.69, 9.17) is 4.74 Å². The van der Waals surface area contributed by atoms with Crippen LogP contribution >= 0.6 is 0 Å². The average Bonchev–Trinajstić information content (AvgIpc) is 2.60. The van der Waals surface area contributed by atoms with Crippen molar-refractivity contribution in [2.75, 3.05) is 6.26 Å². The lowest BCUT2D eigenvalue weighted by molar-refractivity contribution is 0.0510. The van der Waals surface area contributed by atoms with Crippen molar-refractivity contribution in [1.29, 1.82) is 0 Å². The van der Waals surface area contributed by atoms with E-state index < -0.39 is 32.9 Å². The first kappa shape index (κ1) is 16.0. The molecule has 1 aliphatic carbocycles. The summed E-state index contributed by atoms with van der Waals surface area (Å²) in [6, 6.07) is -0.323. The molecular weight excluding hydrogens is 270 g/mol. The fourth-order valence-electron chi connectivity index (χ4n) is 1.82. The third kappa shape index (κ3) is 5.20. The van der Waals surface area contributed by atoms with Gasteiger partial charge in [0, 0.05) is 12.2 Å². The van der Waals surface area contributed by atoms with Crippen LogP contribution in [0.25, 0.3) is 0 Å². The fraction of sp³-hybridized carbons (Fsp3) is 0.750. The molecule has 0 aromatic heterocycles. The Kier molecular flexibility index (Phi) is 4.63. The second-order valence-corrected chi connectivity index (χ2v) is 7.90. The number of rotatable bonds is 3. The van der Waals surface area contributed by atoms with E-state index >= 15 is 0 Å². The molecule has 1 rings (SSSR count).